The van der Waals surface area contributed by atoms with Crippen molar-refractivity contribution in [2.45, 2.75) is 45.6 Å². The molecule has 0 aliphatic carbocycles. The van der Waals surface area contributed by atoms with Gasteiger partial charge in [-0.05, 0) is 98.8 Å². The van der Waals surface area contributed by atoms with Crippen LogP contribution in [0.3, 0.4) is 0 Å². The Morgan fingerprint density at radius 2 is 1.54 bits per heavy atom. The summed E-state index contributed by atoms with van der Waals surface area (Å²) in [6.45, 7) is 6.87. The summed E-state index contributed by atoms with van der Waals surface area (Å²) in [4.78, 5) is 30.9. The van der Waals surface area contributed by atoms with Crippen molar-refractivity contribution < 1.29 is 18.7 Å². The van der Waals surface area contributed by atoms with E-state index in [0.717, 1.165) is 32.4 Å². The Morgan fingerprint density at radius 1 is 0.923 bits per heavy atom. The molecule has 1 aliphatic rings. The highest BCUT2D eigenvalue weighted by molar-refractivity contribution is 5.97. The molecule has 0 bridgehead atoms. The molecule has 206 valence electrons. The predicted octanol–water partition coefficient (Wildman–Crippen LogP) is 6.14. The topological polar surface area (TPSA) is 61.9 Å². The maximum Gasteiger partial charge on any atom is 0.247 e. The molecule has 2 atom stereocenters. The van der Waals surface area contributed by atoms with Crippen LogP contribution in [-0.2, 0) is 16.0 Å². The standard InChI is InChI=1S/C32H38FN3O3/c1-3-18-35(19-4-2)23-31(37)36-22-25(20-24-8-6-5-7-9-24)21-30(36)32(38)34-27-12-16-29(17-13-27)39-28-14-10-26(33)11-15-28/h5-17,25,30H,3-4,18-23H2,1-2H3,(H,34,38)/t25-,30+/m1/s1. The van der Waals surface area contributed by atoms with Crippen LogP contribution in [0.1, 0.15) is 38.7 Å². The fourth-order valence-corrected chi connectivity index (χ4v) is 5.20. The third-order valence-electron chi connectivity index (χ3n) is 6.99. The Bertz CT molecular complexity index is 1200. The second-order valence-corrected chi connectivity index (χ2v) is 10.2. The van der Waals surface area contributed by atoms with Gasteiger partial charge in [-0.3, -0.25) is 14.5 Å². The zero-order chi connectivity index (χ0) is 27.6. The second kappa shape index (κ2) is 13.9. The van der Waals surface area contributed by atoms with E-state index in [0.29, 0.717) is 36.7 Å². The van der Waals surface area contributed by atoms with Crippen molar-refractivity contribution in [3.63, 3.8) is 0 Å². The lowest BCUT2D eigenvalue weighted by molar-refractivity contribution is -0.137. The SMILES string of the molecule is CCCN(CCC)CC(=O)N1C[C@H](Cc2ccccc2)C[C@H]1C(=O)Nc1ccc(Oc2ccc(F)cc2)cc1. The van der Waals surface area contributed by atoms with Gasteiger partial charge in [-0.25, -0.2) is 4.39 Å². The predicted molar refractivity (Wildman–Crippen MR) is 152 cm³/mol. The van der Waals surface area contributed by atoms with Gasteiger partial charge in [-0.2, -0.15) is 0 Å². The average Bonchev–Trinajstić information content (AvgIpc) is 3.36. The third kappa shape index (κ3) is 8.14. The molecule has 3 aromatic rings. The van der Waals surface area contributed by atoms with Gasteiger partial charge in [-0.1, -0.05) is 44.2 Å². The van der Waals surface area contributed by atoms with Crippen molar-refractivity contribution in [3.8, 4) is 11.5 Å². The molecule has 0 aromatic heterocycles. The highest BCUT2D eigenvalue weighted by atomic mass is 19.1. The molecule has 0 unspecified atom stereocenters. The lowest BCUT2D eigenvalue weighted by Gasteiger charge is -2.28. The number of nitrogens with one attached hydrogen (secondary N) is 1. The molecule has 1 aliphatic heterocycles. The summed E-state index contributed by atoms with van der Waals surface area (Å²) in [5.41, 5.74) is 1.84. The molecule has 4 rings (SSSR count). The number of amides is 2. The van der Waals surface area contributed by atoms with Crippen molar-refractivity contribution in [3.05, 3.63) is 90.2 Å². The molecular formula is C32H38FN3O3. The van der Waals surface area contributed by atoms with Crippen LogP contribution in [0.15, 0.2) is 78.9 Å². The molecular weight excluding hydrogens is 493 g/mol. The molecule has 6 nitrogen and oxygen atoms in total. The lowest BCUT2D eigenvalue weighted by atomic mass is 9.96. The molecule has 3 aromatic carbocycles. The van der Waals surface area contributed by atoms with Gasteiger partial charge in [0.2, 0.25) is 11.8 Å². The second-order valence-electron chi connectivity index (χ2n) is 10.2. The van der Waals surface area contributed by atoms with Gasteiger partial charge in [0.15, 0.2) is 0 Å². The van der Waals surface area contributed by atoms with Gasteiger partial charge >= 0.3 is 0 Å². The van der Waals surface area contributed by atoms with Gasteiger partial charge in [0.1, 0.15) is 23.4 Å². The van der Waals surface area contributed by atoms with Crippen molar-refractivity contribution in [1.82, 2.24) is 9.80 Å². The van der Waals surface area contributed by atoms with Crippen molar-refractivity contribution in [1.29, 1.82) is 0 Å². The third-order valence-corrected chi connectivity index (χ3v) is 6.99. The quantitative estimate of drug-likeness (QED) is 0.305. The van der Waals surface area contributed by atoms with Crippen LogP contribution in [0.4, 0.5) is 10.1 Å². The van der Waals surface area contributed by atoms with E-state index in [1.54, 1.807) is 41.3 Å². The molecule has 1 fully saturated rings. The van der Waals surface area contributed by atoms with Gasteiger partial charge < -0.3 is 15.0 Å². The van der Waals surface area contributed by atoms with E-state index in [1.807, 2.05) is 18.2 Å². The normalized spacial score (nSPS) is 16.9. The fourth-order valence-electron chi connectivity index (χ4n) is 5.20. The molecule has 0 saturated carbocycles. The van der Waals surface area contributed by atoms with E-state index in [-0.39, 0.29) is 23.5 Å². The number of hydrogen-bond acceptors (Lipinski definition) is 4. The first-order valence-electron chi connectivity index (χ1n) is 13.8. The maximum absolute atomic E-state index is 13.5. The Hall–Kier alpha value is -3.71. The molecule has 0 radical (unpaired) electrons. The number of rotatable bonds is 12. The minimum atomic E-state index is -0.522. The van der Waals surface area contributed by atoms with Crippen LogP contribution in [0, 0.1) is 11.7 Å². The van der Waals surface area contributed by atoms with Crippen LogP contribution in [0.5, 0.6) is 11.5 Å². The number of halogens is 1. The van der Waals surface area contributed by atoms with Crippen LogP contribution in [0.25, 0.3) is 0 Å². The summed E-state index contributed by atoms with van der Waals surface area (Å²) in [6.07, 6.45) is 3.42. The molecule has 7 heteroatoms. The van der Waals surface area contributed by atoms with E-state index >= 15 is 0 Å². The van der Waals surface area contributed by atoms with E-state index in [9.17, 15) is 14.0 Å². The number of carbonyl (C=O) groups is 2. The van der Waals surface area contributed by atoms with E-state index in [1.165, 1.54) is 17.7 Å². The summed E-state index contributed by atoms with van der Waals surface area (Å²) in [7, 11) is 0. The zero-order valence-electron chi connectivity index (χ0n) is 22.8. The van der Waals surface area contributed by atoms with Crippen LogP contribution in [0.2, 0.25) is 0 Å². The minimum absolute atomic E-state index is 0.00987. The monoisotopic (exact) mass is 531 g/mol. The van der Waals surface area contributed by atoms with Crippen molar-refractivity contribution in [2.75, 3.05) is 31.5 Å². The first kappa shape index (κ1) is 28.3. The first-order chi connectivity index (χ1) is 18.9. The zero-order valence-corrected chi connectivity index (χ0v) is 22.8. The van der Waals surface area contributed by atoms with Crippen LogP contribution < -0.4 is 10.1 Å². The van der Waals surface area contributed by atoms with E-state index in [2.05, 4.69) is 36.2 Å². The molecule has 1 saturated heterocycles. The largest absolute Gasteiger partial charge is 0.457 e. The molecule has 2 amide bonds. The lowest BCUT2D eigenvalue weighted by Crippen LogP contribution is -2.47. The number of benzene rings is 3. The summed E-state index contributed by atoms with van der Waals surface area (Å²) in [5.74, 6) is 0.822. The first-order valence-corrected chi connectivity index (χ1v) is 13.8. The van der Waals surface area contributed by atoms with Gasteiger partial charge in [0.25, 0.3) is 0 Å². The van der Waals surface area contributed by atoms with Crippen LogP contribution >= 0.6 is 0 Å². The highest BCUT2D eigenvalue weighted by Crippen LogP contribution is 2.29. The fraction of sp³-hybridized carbons (Fsp3) is 0.375. The maximum atomic E-state index is 13.5. The molecule has 1 heterocycles. The molecule has 1 N–H and O–H groups in total. The van der Waals surface area contributed by atoms with Crippen molar-refractivity contribution in [2.24, 2.45) is 5.92 Å². The van der Waals surface area contributed by atoms with Gasteiger partial charge in [-0.15, -0.1) is 0 Å². The van der Waals surface area contributed by atoms with Gasteiger partial charge in [0.05, 0.1) is 6.54 Å². The Labute approximate surface area is 230 Å². The average molecular weight is 532 g/mol. The number of hydrogen-bond donors (Lipinski definition) is 1. The molecule has 0 spiro atoms. The smallest absolute Gasteiger partial charge is 0.247 e. The Kier molecular flexibility index (Phi) is 10.1. The number of ether oxygens (including phenoxy) is 1. The van der Waals surface area contributed by atoms with Crippen molar-refractivity contribution >= 4 is 17.5 Å². The molecule has 39 heavy (non-hydrogen) atoms. The summed E-state index contributed by atoms with van der Waals surface area (Å²) < 4.78 is 18.9. The van der Waals surface area contributed by atoms with Crippen LogP contribution in [-0.4, -0.2) is 53.8 Å². The summed E-state index contributed by atoms with van der Waals surface area (Å²) in [5, 5.41) is 3.00. The summed E-state index contributed by atoms with van der Waals surface area (Å²) >= 11 is 0. The van der Waals surface area contributed by atoms with E-state index < -0.39 is 6.04 Å². The number of likely N-dealkylation sites (tertiary alicyclic amines) is 1. The number of carbonyl (C=O) groups excluding carboxylic acids is 2. The van der Waals surface area contributed by atoms with E-state index in [4.69, 9.17) is 4.74 Å². The van der Waals surface area contributed by atoms with Gasteiger partial charge in [0, 0.05) is 12.2 Å². The number of anilines is 1. The highest BCUT2D eigenvalue weighted by Gasteiger charge is 2.39. The Morgan fingerprint density at radius 3 is 2.15 bits per heavy atom. The number of nitrogens with zero attached hydrogens (tertiary/aromatic N) is 2. The Balaban J connectivity index is 1.44. The minimum Gasteiger partial charge on any atom is -0.457 e. The summed E-state index contributed by atoms with van der Waals surface area (Å²) in [6, 6.07) is 22.6.